The molecule has 0 aliphatic carbocycles. The van der Waals surface area contributed by atoms with E-state index < -0.39 is 0 Å². The van der Waals surface area contributed by atoms with Crippen LogP contribution in [0.5, 0.6) is 0 Å². The minimum atomic E-state index is 0.557. The van der Waals surface area contributed by atoms with Crippen LogP contribution in [0.1, 0.15) is 0 Å². The van der Waals surface area contributed by atoms with Gasteiger partial charge in [0, 0.05) is 6.07 Å². The molecule has 0 aliphatic heterocycles. The van der Waals surface area contributed by atoms with E-state index in [-0.39, 0.29) is 0 Å². The molecule has 1 N–H and O–H groups in total. The fraction of sp³-hybridized carbons (Fsp3) is 0. The van der Waals surface area contributed by atoms with E-state index in [0.717, 1.165) is 5.52 Å². The maximum absolute atomic E-state index is 5.64. The van der Waals surface area contributed by atoms with Gasteiger partial charge in [-0.25, -0.2) is 0 Å². The number of benzene rings is 1. The quantitative estimate of drug-likeness (QED) is 0.620. The summed E-state index contributed by atoms with van der Waals surface area (Å²) in [6.07, 6.45) is 0. The molecule has 2 aromatic rings. The van der Waals surface area contributed by atoms with Crippen LogP contribution in [0.15, 0.2) is 12.1 Å². The molecule has 1 radical (unpaired) electrons. The van der Waals surface area contributed by atoms with E-state index in [2.05, 4.69) is 21.5 Å². The van der Waals surface area contributed by atoms with Crippen molar-refractivity contribution in [2.24, 2.45) is 0 Å². The van der Waals surface area contributed by atoms with Crippen LogP contribution in [0.25, 0.3) is 11.0 Å². The standard InChI is InChI=1S/C6H3ClN3/c7-4-1-2-5-6(3-4)9-10-8-5/h1-2H,(H,8,9,10). The highest BCUT2D eigenvalue weighted by Crippen LogP contribution is 2.12. The van der Waals surface area contributed by atoms with Crippen LogP contribution in [0, 0.1) is 6.07 Å². The highest BCUT2D eigenvalue weighted by molar-refractivity contribution is 6.31. The maximum Gasteiger partial charge on any atom is 0.122 e. The van der Waals surface area contributed by atoms with E-state index in [9.17, 15) is 0 Å². The SMILES string of the molecule is Clc1[c]c2nn[nH]c2cc1. The van der Waals surface area contributed by atoms with Gasteiger partial charge >= 0.3 is 0 Å². The van der Waals surface area contributed by atoms with Crippen LogP contribution < -0.4 is 0 Å². The van der Waals surface area contributed by atoms with E-state index >= 15 is 0 Å². The Hall–Kier alpha value is -1.09. The van der Waals surface area contributed by atoms with Gasteiger partial charge in [-0.3, -0.25) is 5.10 Å². The summed E-state index contributed by atoms with van der Waals surface area (Å²) in [6, 6.07) is 6.38. The normalized spacial score (nSPS) is 10.5. The molecule has 49 valence electrons. The molecule has 4 heteroatoms. The van der Waals surface area contributed by atoms with Gasteiger partial charge in [0.15, 0.2) is 0 Å². The molecule has 0 saturated heterocycles. The van der Waals surface area contributed by atoms with Crippen molar-refractivity contribution in [2.45, 2.75) is 0 Å². The molecule has 2 rings (SSSR count). The summed E-state index contributed by atoms with van der Waals surface area (Å²) in [5.41, 5.74) is 1.52. The Kier molecular flexibility index (Phi) is 1.11. The van der Waals surface area contributed by atoms with Crippen molar-refractivity contribution in [3.05, 3.63) is 23.2 Å². The average Bonchev–Trinajstić information content (AvgIpc) is 2.33. The minimum absolute atomic E-state index is 0.557. The van der Waals surface area contributed by atoms with E-state index in [4.69, 9.17) is 11.6 Å². The van der Waals surface area contributed by atoms with Crippen molar-refractivity contribution in [1.82, 2.24) is 15.4 Å². The molecule has 0 atom stereocenters. The number of hydrogen-bond acceptors (Lipinski definition) is 2. The number of aromatic nitrogens is 3. The van der Waals surface area contributed by atoms with E-state index in [0.29, 0.717) is 10.5 Å². The summed E-state index contributed by atoms with van der Waals surface area (Å²) < 4.78 is 0. The summed E-state index contributed by atoms with van der Waals surface area (Å²) in [7, 11) is 0. The first-order valence-corrected chi connectivity index (χ1v) is 3.12. The Balaban J connectivity index is 2.86. The van der Waals surface area contributed by atoms with Crippen molar-refractivity contribution in [1.29, 1.82) is 0 Å². The number of nitrogens with zero attached hydrogens (tertiary/aromatic N) is 2. The highest BCUT2D eigenvalue weighted by atomic mass is 35.5. The van der Waals surface area contributed by atoms with Crippen molar-refractivity contribution in [3.63, 3.8) is 0 Å². The summed E-state index contributed by atoms with van der Waals surface area (Å²) in [4.78, 5) is 0. The van der Waals surface area contributed by atoms with E-state index in [1.807, 2.05) is 6.07 Å². The van der Waals surface area contributed by atoms with Gasteiger partial charge in [-0.1, -0.05) is 16.8 Å². The average molecular weight is 153 g/mol. The fourth-order valence-corrected chi connectivity index (χ4v) is 0.908. The Morgan fingerprint density at radius 3 is 3.30 bits per heavy atom. The molecule has 1 aromatic heterocycles. The molecular formula is C6H3ClN3. The third-order valence-corrected chi connectivity index (χ3v) is 1.43. The second kappa shape index (κ2) is 1.95. The molecule has 0 unspecified atom stereocenters. The van der Waals surface area contributed by atoms with Crippen LogP contribution in [0.4, 0.5) is 0 Å². The van der Waals surface area contributed by atoms with Crippen molar-refractivity contribution < 1.29 is 0 Å². The minimum Gasteiger partial charge on any atom is -0.258 e. The number of fused-ring (bicyclic) bond motifs is 1. The second-order valence-corrected chi connectivity index (χ2v) is 2.29. The molecule has 0 aliphatic rings. The van der Waals surface area contributed by atoms with Crippen LogP contribution in [-0.4, -0.2) is 15.4 Å². The molecule has 3 nitrogen and oxygen atoms in total. The number of aromatic amines is 1. The zero-order chi connectivity index (χ0) is 6.97. The van der Waals surface area contributed by atoms with Gasteiger partial charge in [0.05, 0.1) is 10.5 Å². The number of rotatable bonds is 0. The molecule has 1 heterocycles. The van der Waals surface area contributed by atoms with Gasteiger partial charge in [-0.2, -0.15) is 0 Å². The van der Waals surface area contributed by atoms with E-state index in [1.54, 1.807) is 6.07 Å². The molecule has 0 amide bonds. The summed E-state index contributed by atoms with van der Waals surface area (Å²) >= 11 is 5.64. The van der Waals surface area contributed by atoms with Crippen molar-refractivity contribution >= 4 is 22.6 Å². The Morgan fingerprint density at radius 2 is 2.40 bits per heavy atom. The topological polar surface area (TPSA) is 41.6 Å². The van der Waals surface area contributed by atoms with Crippen LogP contribution >= 0.6 is 11.6 Å². The summed E-state index contributed by atoms with van der Waals surface area (Å²) in [5.74, 6) is 0. The predicted octanol–water partition coefficient (Wildman–Crippen LogP) is 1.41. The molecule has 0 bridgehead atoms. The lowest BCUT2D eigenvalue weighted by Crippen LogP contribution is -1.68. The van der Waals surface area contributed by atoms with E-state index in [1.165, 1.54) is 0 Å². The summed E-state index contributed by atoms with van der Waals surface area (Å²) in [5, 5.41) is 10.6. The zero-order valence-electron chi connectivity index (χ0n) is 4.93. The smallest absolute Gasteiger partial charge is 0.122 e. The second-order valence-electron chi connectivity index (χ2n) is 1.88. The number of halogens is 1. The molecule has 0 spiro atoms. The number of H-pyrrole nitrogens is 1. The number of hydrogen-bond donors (Lipinski definition) is 1. The van der Waals surface area contributed by atoms with Crippen LogP contribution in [0.2, 0.25) is 5.02 Å². The van der Waals surface area contributed by atoms with Gasteiger partial charge < -0.3 is 0 Å². The van der Waals surface area contributed by atoms with Gasteiger partial charge in [0.2, 0.25) is 0 Å². The van der Waals surface area contributed by atoms with Gasteiger partial charge in [0.1, 0.15) is 5.52 Å². The Bertz CT molecular complexity index is 355. The highest BCUT2D eigenvalue weighted by Gasteiger charge is 1.96. The van der Waals surface area contributed by atoms with Gasteiger partial charge in [0.25, 0.3) is 0 Å². The summed E-state index contributed by atoms with van der Waals surface area (Å²) in [6.45, 7) is 0. The molecular weight excluding hydrogens is 150 g/mol. The van der Waals surface area contributed by atoms with Gasteiger partial charge in [-0.05, 0) is 12.1 Å². The van der Waals surface area contributed by atoms with Crippen molar-refractivity contribution in [2.75, 3.05) is 0 Å². The first-order valence-electron chi connectivity index (χ1n) is 2.75. The Morgan fingerprint density at radius 1 is 1.50 bits per heavy atom. The molecule has 10 heavy (non-hydrogen) atoms. The lowest BCUT2D eigenvalue weighted by atomic mass is 10.3. The maximum atomic E-state index is 5.64. The van der Waals surface area contributed by atoms with Crippen molar-refractivity contribution in [3.8, 4) is 0 Å². The Labute approximate surface area is 62.0 Å². The molecule has 0 fully saturated rings. The lowest BCUT2D eigenvalue weighted by Gasteiger charge is -1.84. The molecule has 0 saturated carbocycles. The first kappa shape index (κ1) is 5.68. The largest absolute Gasteiger partial charge is 0.258 e. The first-order chi connectivity index (χ1) is 4.86. The lowest BCUT2D eigenvalue weighted by molar-refractivity contribution is 0.959. The molecule has 1 aromatic carbocycles. The number of nitrogens with one attached hydrogen (secondary N) is 1. The monoisotopic (exact) mass is 152 g/mol. The predicted molar refractivity (Wildman–Crippen MR) is 37.7 cm³/mol. The fourth-order valence-electron chi connectivity index (χ4n) is 0.755. The van der Waals surface area contributed by atoms with Crippen LogP contribution in [-0.2, 0) is 0 Å². The van der Waals surface area contributed by atoms with Gasteiger partial charge in [-0.15, -0.1) is 5.10 Å². The third kappa shape index (κ3) is 0.752. The zero-order valence-corrected chi connectivity index (χ0v) is 5.68. The van der Waals surface area contributed by atoms with Crippen LogP contribution in [0.3, 0.4) is 0 Å². The third-order valence-electron chi connectivity index (χ3n) is 1.21.